The Hall–Kier alpha value is 0.748. The zero-order valence-corrected chi connectivity index (χ0v) is 15.8. The summed E-state index contributed by atoms with van der Waals surface area (Å²) in [6, 6.07) is 0. The van der Waals surface area contributed by atoms with Gasteiger partial charge in [-0.3, -0.25) is 0 Å². The molecule has 1 aliphatic rings. The lowest BCUT2D eigenvalue weighted by molar-refractivity contribution is 0.130. The van der Waals surface area contributed by atoms with Crippen molar-refractivity contribution in [2.45, 2.75) is 58.4 Å². The van der Waals surface area contributed by atoms with Gasteiger partial charge >= 0.3 is 8.08 Å². The van der Waals surface area contributed by atoms with Crippen LogP contribution in [-0.4, -0.2) is 44.9 Å². The molecule has 0 unspecified atom stereocenters. The Morgan fingerprint density at radius 3 is 1.56 bits per heavy atom. The molecule has 0 aromatic rings. The van der Waals surface area contributed by atoms with E-state index in [4.69, 9.17) is 4.43 Å². The lowest BCUT2D eigenvalue weighted by atomic mass is 10.5. The SMILES string of the molecule is CC1(C)O[Si](C)(C)[Si](C)(C)[Si](C)(C)[Si]1(O)O. The van der Waals surface area contributed by atoms with Crippen molar-refractivity contribution in [3.8, 4) is 0 Å². The molecular formula is C9H26O3Si4. The fourth-order valence-corrected chi connectivity index (χ4v) is 60.9. The summed E-state index contributed by atoms with van der Waals surface area (Å²) in [4.78, 5) is 21.4. The average Bonchev–Trinajstić information content (AvgIpc) is 1.98. The Labute approximate surface area is 103 Å². The first-order valence-electron chi connectivity index (χ1n) is 5.86. The third-order valence-corrected chi connectivity index (χ3v) is 64.0. The van der Waals surface area contributed by atoms with E-state index in [-0.39, 0.29) is 0 Å². The van der Waals surface area contributed by atoms with Crippen molar-refractivity contribution in [2.24, 2.45) is 0 Å². The van der Waals surface area contributed by atoms with E-state index in [2.05, 4.69) is 39.3 Å². The van der Waals surface area contributed by atoms with Gasteiger partial charge in [-0.25, -0.2) is 0 Å². The van der Waals surface area contributed by atoms with Crippen LogP contribution < -0.4 is 0 Å². The molecule has 0 bridgehead atoms. The Balaban J connectivity index is 3.43. The van der Waals surface area contributed by atoms with E-state index in [0.29, 0.717) is 0 Å². The molecule has 1 rings (SSSR count). The zero-order chi connectivity index (χ0) is 13.2. The van der Waals surface area contributed by atoms with Crippen LogP contribution in [0, 0.1) is 0 Å². The molecule has 2 N–H and O–H groups in total. The summed E-state index contributed by atoms with van der Waals surface area (Å²) in [5, 5.41) is -0.693. The van der Waals surface area contributed by atoms with Crippen LogP contribution in [0.25, 0.3) is 0 Å². The Bertz CT molecular complexity index is 282. The smallest absolute Gasteiger partial charge is 0.338 e. The van der Waals surface area contributed by atoms with Crippen molar-refractivity contribution in [1.29, 1.82) is 0 Å². The van der Waals surface area contributed by atoms with Gasteiger partial charge in [0.25, 0.3) is 0 Å². The number of hydrogen-bond donors (Lipinski definition) is 2. The normalized spacial score (nSPS) is 33.4. The third kappa shape index (κ3) is 1.53. The number of rotatable bonds is 0. The van der Waals surface area contributed by atoms with Gasteiger partial charge in [0.1, 0.15) is 7.11 Å². The minimum absolute atomic E-state index is 0.693. The van der Waals surface area contributed by atoms with E-state index in [1.165, 1.54) is 0 Å². The summed E-state index contributed by atoms with van der Waals surface area (Å²) in [6.45, 7) is 17.3. The highest BCUT2D eigenvalue weighted by Crippen LogP contribution is 2.45. The molecule has 0 radical (unpaired) electrons. The van der Waals surface area contributed by atoms with Crippen molar-refractivity contribution in [2.75, 3.05) is 0 Å². The fraction of sp³-hybridized carbons (Fsp3) is 1.00. The predicted molar refractivity (Wildman–Crippen MR) is 77.8 cm³/mol. The summed E-state index contributed by atoms with van der Waals surface area (Å²) in [5.74, 6) is 0. The average molecular weight is 295 g/mol. The fourth-order valence-electron chi connectivity index (χ4n) is 2.78. The highest BCUT2D eigenvalue weighted by atomic mass is 29.8. The van der Waals surface area contributed by atoms with Crippen LogP contribution >= 0.6 is 0 Å². The Morgan fingerprint density at radius 1 is 0.812 bits per heavy atom. The second-order valence-electron chi connectivity index (χ2n) is 7.04. The van der Waals surface area contributed by atoms with Crippen LogP contribution in [0.3, 0.4) is 0 Å². The van der Waals surface area contributed by atoms with Gasteiger partial charge in [-0.05, 0) is 26.9 Å². The van der Waals surface area contributed by atoms with E-state index in [1.807, 2.05) is 13.8 Å². The molecule has 0 aromatic heterocycles. The standard InChI is InChI=1S/C9H26O3Si4/c1-9(2)12-13(3,4)14(5,6)15(7,8)16(9,10)11/h10-11H,1-8H3. The van der Waals surface area contributed by atoms with E-state index < -0.39 is 35.4 Å². The Morgan fingerprint density at radius 2 is 1.19 bits per heavy atom. The van der Waals surface area contributed by atoms with Gasteiger partial charge in [-0.2, -0.15) is 0 Å². The molecule has 0 spiro atoms. The third-order valence-electron chi connectivity index (χ3n) is 5.29. The summed E-state index contributed by atoms with van der Waals surface area (Å²) >= 11 is 0. The van der Waals surface area contributed by atoms with Gasteiger partial charge < -0.3 is 14.0 Å². The maximum atomic E-state index is 10.7. The largest absolute Gasteiger partial charge is 0.413 e. The minimum Gasteiger partial charge on any atom is -0.413 e. The van der Waals surface area contributed by atoms with Crippen molar-refractivity contribution >= 4 is 30.1 Å². The van der Waals surface area contributed by atoms with Crippen LogP contribution in [-0.2, 0) is 4.43 Å². The quantitative estimate of drug-likeness (QED) is 0.668. The molecule has 0 aromatic carbocycles. The lowest BCUT2D eigenvalue weighted by Gasteiger charge is -2.62. The van der Waals surface area contributed by atoms with Gasteiger partial charge in [0.05, 0.1) is 12.3 Å². The molecule has 1 aliphatic heterocycles. The van der Waals surface area contributed by atoms with Gasteiger partial charge in [0.15, 0.2) is 7.83 Å². The molecule has 0 amide bonds. The highest BCUT2D eigenvalue weighted by molar-refractivity contribution is 7.82. The molecule has 0 atom stereocenters. The Kier molecular flexibility index (Phi) is 3.14. The molecular weight excluding hydrogens is 268 g/mol. The zero-order valence-electron chi connectivity index (χ0n) is 11.8. The molecule has 7 heteroatoms. The van der Waals surface area contributed by atoms with Crippen molar-refractivity contribution < 1.29 is 14.0 Å². The van der Waals surface area contributed by atoms with Crippen LogP contribution in [0.2, 0.25) is 39.3 Å². The molecule has 1 heterocycles. The number of hydrogen-bond acceptors (Lipinski definition) is 3. The maximum absolute atomic E-state index is 10.7. The minimum atomic E-state index is -3.26. The first-order chi connectivity index (χ1) is 6.71. The van der Waals surface area contributed by atoms with Crippen LogP contribution in [0.1, 0.15) is 13.8 Å². The second-order valence-corrected chi connectivity index (χ2v) is 43.0. The topological polar surface area (TPSA) is 49.7 Å². The molecule has 0 saturated carbocycles. The summed E-state index contributed by atoms with van der Waals surface area (Å²) in [6.07, 6.45) is 0. The van der Waals surface area contributed by atoms with Crippen molar-refractivity contribution in [3.05, 3.63) is 0 Å². The molecule has 16 heavy (non-hydrogen) atoms. The van der Waals surface area contributed by atoms with Gasteiger partial charge in [0.2, 0.25) is 0 Å². The summed E-state index contributed by atoms with van der Waals surface area (Å²) in [7, 11) is -8.66. The first-order valence-corrected chi connectivity index (χ1v) is 19.7. The predicted octanol–water partition coefficient (Wildman–Crippen LogP) is 1.62. The van der Waals surface area contributed by atoms with E-state index in [9.17, 15) is 9.59 Å². The molecule has 1 saturated heterocycles. The molecule has 3 nitrogen and oxygen atoms in total. The van der Waals surface area contributed by atoms with Gasteiger partial charge in [-0.1, -0.05) is 26.2 Å². The van der Waals surface area contributed by atoms with Crippen molar-refractivity contribution in [3.63, 3.8) is 0 Å². The second kappa shape index (κ2) is 3.40. The monoisotopic (exact) mass is 294 g/mol. The maximum Gasteiger partial charge on any atom is 0.338 e. The van der Waals surface area contributed by atoms with E-state index in [1.54, 1.807) is 0 Å². The van der Waals surface area contributed by atoms with E-state index >= 15 is 0 Å². The van der Waals surface area contributed by atoms with Gasteiger partial charge in [-0.15, -0.1) is 0 Å². The van der Waals surface area contributed by atoms with Crippen LogP contribution in [0.15, 0.2) is 0 Å². The first kappa shape index (κ1) is 14.8. The highest BCUT2D eigenvalue weighted by Gasteiger charge is 2.74. The van der Waals surface area contributed by atoms with Crippen LogP contribution in [0.5, 0.6) is 0 Å². The summed E-state index contributed by atoms with van der Waals surface area (Å²) < 4.78 is 6.22. The lowest BCUT2D eigenvalue weighted by Crippen LogP contribution is -2.92. The van der Waals surface area contributed by atoms with Gasteiger partial charge in [0, 0.05) is 0 Å². The van der Waals surface area contributed by atoms with Crippen molar-refractivity contribution in [1.82, 2.24) is 0 Å². The summed E-state index contributed by atoms with van der Waals surface area (Å²) in [5.41, 5.74) is 0. The van der Waals surface area contributed by atoms with Crippen LogP contribution in [0.4, 0.5) is 0 Å². The molecule has 96 valence electrons. The van der Waals surface area contributed by atoms with E-state index in [0.717, 1.165) is 0 Å². The molecule has 1 fully saturated rings. The molecule has 0 aliphatic carbocycles.